The third kappa shape index (κ3) is 3.07. The van der Waals surface area contributed by atoms with Gasteiger partial charge in [-0.15, -0.1) is 0 Å². The van der Waals surface area contributed by atoms with E-state index < -0.39 is 0 Å². The monoisotopic (exact) mass is 168 g/mol. The van der Waals surface area contributed by atoms with Crippen LogP contribution in [0.25, 0.3) is 0 Å². The van der Waals surface area contributed by atoms with Gasteiger partial charge in [0.25, 0.3) is 0 Å². The largest absolute Gasteiger partial charge is 0.283 e. The van der Waals surface area contributed by atoms with Gasteiger partial charge in [-0.1, -0.05) is 20.8 Å². The Balaban J connectivity index is 0.000000561. The molecule has 0 fully saturated rings. The maximum atomic E-state index is 4.12. The number of rotatable bonds is 1. The summed E-state index contributed by atoms with van der Waals surface area (Å²) >= 11 is 0. The van der Waals surface area contributed by atoms with E-state index in [-0.39, 0.29) is 0 Å². The first-order valence-electron chi connectivity index (χ1n) is 4.71. The fourth-order valence-corrected chi connectivity index (χ4v) is 1.13. The predicted molar refractivity (Wildman–Crippen MR) is 55.2 cm³/mol. The summed E-state index contributed by atoms with van der Waals surface area (Å²) < 4.78 is 0. The highest BCUT2D eigenvalue weighted by molar-refractivity contribution is 5.84. The number of nitrogens with zero attached hydrogens (tertiary/aromatic N) is 1. The summed E-state index contributed by atoms with van der Waals surface area (Å²) in [5.74, 6) is 0. The molecule has 70 valence electrons. The van der Waals surface area contributed by atoms with Crippen LogP contribution >= 0.6 is 0 Å². The van der Waals surface area contributed by atoms with E-state index in [1.165, 1.54) is 17.0 Å². The summed E-state index contributed by atoms with van der Waals surface area (Å²) in [7, 11) is 0. The van der Waals surface area contributed by atoms with Gasteiger partial charge in [-0.05, 0) is 25.8 Å². The molecule has 1 rings (SSSR count). The molecule has 1 aliphatic rings. The summed E-state index contributed by atoms with van der Waals surface area (Å²) in [6, 6.07) is 0. The van der Waals surface area contributed by atoms with Crippen molar-refractivity contribution in [3.63, 3.8) is 0 Å². The minimum Gasteiger partial charge on any atom is -0.283 e. The molecule has 0 atom stereocenters. The summed E-state index contributed by atoms with van der Waals surface area (Å²) in [5, 5.41) is 4.12. The summed E-state index contributed by atoms with van der Waals surface area (Å²) in [6.07, 6.45) is 2.18. The summed E-state index contributed by atoms with van der Waals surface area (Å²) in [5.41, 5.74) is 6.89. The highest BCUT2D eigenvalue weighted by atomic mass is 15.3. The smallest absolute Gasteiger partial charge is 0.0392 e. The zero-order valence-corrected chi connectivity index (χ0v) is 8.86. The minimum atomic E-state index is 1.05. The van der Waals surface area contributed by atoms with E-state index in [1.54, 1.807) is 0 Å². The van der Waals surface area contributed by atoms with E-state index in [0.717, 1.165) is 12.8 Å². The van der Waals surface area contributed by atoms with Crippen molar-refractivity contribution in [3.8, 4) is 0 Å². The van der Waals surface area contributed by atoms with Crippen LogP contribution in [0.2, 0.25) is 0 Å². The Kier molecular flexibility index (Phi) is 5.43. The number of hydrogen-bond acceptors (Lipinski definition) is 2. The van der Waals surface area contributed by atoms with E-state index in [1.807, 2.05) is 13.8 Å². The molecule has 0 saturated heterocycles. The Morgan fingerprint density at radius 2 is 1.92 bits per heavy atom. The van der Waals surface area contributed by atoms with E-state index in [0.29, 0.717) is 0 Å². The van der Waals surface area contributed by atoms with Crippen molar-refractivity contribution in [2.75, 3.05) is 0 Å². The second-order valence-corrected chi connectivity index (χ2v) is 2.72. The normalized spacial score (nSPS) is 15.9. The quantitative estimate of drug-likeness (QED) is 0.639. The molecule has 0 saturated carbocycles. The molecule has 0 amide bonds. The molecule has 0 aromatic heterocycles. The molecule has 0 aromatic rings. The van der Waals surface area contributed by atoms with E-state index >= 15 is 0 Å². The zero-order chi connectivity index (χ0) is 9.56. The maximum absolute atomic E-state index is 4.12. The standard InChI is InChI=1S/C8H14N2.C2H6/c1-4-8-5-6(2)9-10-7(8)3;1-2/h10H,4-5H2,1-3H3;1-2H3. The molecular formula is C10H20N2. The van der Waals surface area contributed by atoms with Gasteiger partial charge in [-0.3, -0.25) is 5.43 Å². The number of nitrogens with one attached hydrogen (secondary N) is 1. The molecule has 2 nitrogen and oxygen atoms in total. The highest BCUT2D eigenvalue weighted by Gasteiger charge is 2.06. The molecule has 2 heteroatoms. The lowest BCUT2D eigenvalue weighted by Gasteiger charge is -2.15. The van der Waals surface area contributed by atoms with Crippen LogP contribution in [0.15, 0.2) is 16.4 Å². The second kappa shape index (κ2) is 5.81. The minimum absolute atomic E-state index is 1.05. The first-order valence-corrected chi connectivity index (χ1v) is 4.71. The van der Waals surface area contributed by atoms with Crippen molar-refractivity contribution in [2.45, 2.75) is 47.5 Å². The summed E-state index contributed by atoms with van der Waals surface area (Å²) in [6.45, 7) is 10.3. The van der Waals surface area contributed by atoms with Crippen LogP contribution in [0.5, 0.6) is 0 Å². The Morgan fingerprint density at radius 3 is 2.33 bits per heavy atom. The number of hydrazone groups is 1. The topological polar surface area (TPSA) is 24.4 Å². The lowest BCUT2D eigenvalue weighted by molar-refractivity contribution is 0.804. The van der Waals surface area contributed by atoms with Crippen LogP contribution in [0.3, 0.4) is 0 Å². The number of hydrogen-bond donors (Lipinski definition) is 1. The maximum Gasteiger partial charge on any atom is 0.0392 e. The van der Waals surface area contributed by atoms with Crippen molar-refractivity contribution in [2.24, 2.45) is 5.10 Å². The first kappa shape index (κ1) is 11.2. The SMILES string of the molecule is CC.CCC1=C(C)NN=C(C)C1. The molecule has 1 N–H and O–H groups in total. The molecule has 0 spiro atoms. The van der Waals surface area contributed by atoms with Gasteiger partial charge in [0, 0.05) is 17.8 Å². The fraction of sp³-hybridized carbons (Fsp3) is 0.700. The van der Waals surface area contributed by atoms with Gasteiger partial charge in [0.2, 0.25) is 0 Å². The first-order chi connectivity index (χ1) is 5.74. The second-order valence-electron chi connectivity index (χ2n) is 2.72. The Hall–Kier alpha value is -0.790. The Labute approximate surface area is 75.7 Å². The van der Waals surface area contributed by atoms with Crippen LogP contribution < -0.4 is 5.43 Å². The van der Waals surface area contributed by atoms with E-state index in [4.69, 9.17) is 0 Å². The van der Waals surface area contributed by atoms with Gasteiger partial charge in [0.1, 0.15) is 0 Å². The third-order valence-electron chi connectivity index (χ3n) is 1.84. The van der Waals surface area contributed by atoms with Crippen LogP contribution in [0.4, 0.5) is 0 Å². The van der Waals surface area contributed by atoms with E-state index in [9.17, 15) is 0 Å². The van der Waals surface area contributed by atoms with Crippen molar-refractivity contribution >= 4 is 5.71 Å². The summed E-state index contributed by atoms with van der Waals surface area (Å²) in [4.78, 5) is 0. The van der Waals surface area contributed by atoms with Crippen LogP contribution in [-0.4, -0.2) is 5.71 Å². The molecule has 0 unspecified atom stereocenters. The van der Waals surface area contributed by atoms with Gasteiger partial charge >= 0.3 is 0 Å². The fourth-order valence-electron chi connectivity index (χ4n) is 1.13. The van der Waals surface area contributed by atoms with E-state index in [2.05, 4.69) is 31.3 Å². The molecule has 0 bridgehead atoms. The molecule has 0 aliphatic carbocycles. The molecular weight excluding hydrogens is 148 g/mol. The molecule has 1 aliphatic heterocycles. The lowest BCUT2D eigenvalue weighted by Crippen LogP contribution is -2.15. The van der Waals surface area contributed by atoms with Crippen LogP contribution in [-0.2, 0) is 0 Å². The van der Waals surface area contributed by atoms with Crippen molar-refractivity contribution in [3.05, 3.63) is 11.3 Å². The number of allylic oxidation sites excluding steroid dienone is 2. The third-order valence-corrected chi connectivity index (χ3v) is 1.84. The van der Waals surface area contributed by atoms with Crippen molar-refractivity contribution < 1.29 is 0 Å². The molecule has 1 heterocycles. The lowest BCUT2D eigenvalue weighted by atomic mass is 10.0. The van der Waals surface area contributed by atoms with Gasteiger partial charge in [0.15, 0.2) is 0 Å². The zero-order valence-electron chi connectivity index (χ0n) is 8.86. The van der Waals surface area contributed by atoms with Gasteiger partial charge in [-0.2, -0.15) is 5.10 Å². The Bertz CT molecular complexity index is 190. The molecule has 0 radical (unpaired) electrons. The molecule has 12 heavy (non-hydrogen) atoms. The van der Waals surface area contributed by atoms with Crippen LogP contribution in [0.1, 0.15) is 47.5 Å². The van der Waals surface area contributed by atoms with Crippen LogP contribution in [0, 0.1) is 0 Å². The van der Waals surface area contributed by atoms with Gasteiger partial charge < -0.3 is 0 Å². The van der Waals surface area contributed by atoms with Gasteiger partial charge in [0.05, 0.1) is 0 Å². The highest BCUT2D eigenvalue weighted by Crippen LogP contribution is 2.14. The van der Waals surface area contributed by atoms with Crippen molar-refractivity contribution in [1.29, 1.82) is 0 Å². The van der Waals surface area contributed by atoms with Gasteiger partial charge in [-0.25, -0.2) is 0 Å². The Morgan fingerprint density at radius 1 is 1.33 bits per heavy atom. The average Bonchev–Trinajstić information content (AvgIpc) is 2.13. The molecule has 0 aromatic carbocycles. The average molecular weight is 168 g/mol. The predicted octanol–water partition coefficient (Wildman–Crippen LogP) is 3.07. The van der Waals surface area contributed by atoms with Crippen molar-refractivity contribution in [1.82, 2.24) is 5.43 Å².